The third kappa shape index (κ3) is 4.71. The van der Waals surface area contributed by atoms with Gasteiger partial charge in [-0.15, -0.1) is 0 Å². The lowest BCUT2D eigenvalue weighted by Gasteiger charge is -2.36. The van der Waals surface area contributed by atoms with Crippen LogP contribution in [0.2, 0.25) is 0 Å². The van der Waals surface area contributed by atoms with Gasteiger partial charge >= 0.3 is 0 Å². The molecule has 4 heteroatoms. The number of ether oxygens (including phenoxy) is 2. The summed E-state index contributed by atoms with van der Waals surface area (Å²) in [6.45, 7) is 8.39. The van der Waals surface area contributed by atoms with E-state index in [1.807, 2.05) is 0 Å². The van der Waals surface area contributed by atoms with Crippen molar-refractivity contribution in [2.75, 3.05) is 52.5 Å². The topological polar surface area (TPSA) is 33.7 Å². The molecule has 19 heavy (non-hydrogen) atoms. The molecule has 0 radical (unpaired) electrons. The number of nitrogens with one attached hydrogen (secondary N) is 1. The molecule has 2 unspecified atom stereocenters. The number of morpholine rings is 1. The molecule has 2 atom stereocenters. The minimum atomic E-state index is 0.295. The van der Waals surface area contributed by atoms with Crippen LogP contribution in [0.1, 0.15) is 25.7 Å². The number of nitrogens with zero attached hydrogens (tertiary/aromatic N) is 1. The average Bonchev–Trinajstić information content (AvgIpc) is 3.25. The summed E-state index contributed by atoms with van der Waals surface area (Å²) in [5.74, 6) is 1.69. The SMILES string of the molecule is C1CNCC(CN2CCOC(COCC3CC3)C2)C1. The van der Waals surface area contributed by atoms with Crippen molar-refractivity contribution in [2.45, 2.75) is 31.8 Å². The molecule has 2 heterocycles. The smallest absolute Gasteiger partial charge is 0.0935 e. The molecule has 3 fully saturated rings. The van der Waals surface area contributed by atoms with E-state index in [0.717, 1.165) is 44.7 Å². The number of hydrogen-bond donors (Lipinski definition) is 1. The second-order valence-corrected chi connectivity index (χ2v) is 6.45. The summed E-state index contributed by atoms with van der Waals surface area (Å²) in [5, 5.41) is 3.51. The molecular formula is C15H28N2O2. The molecule has 0 bridgehead atoms. The Balaban J connectivity index is 1.34. The van der Waals surface area contributed by atoms with E-state index >= 15 is 0 Å². The number of piperidine rings is 1. The molecule has 0 aromatic heterocycles. The lowest BCUT2D eigenvalue weighted by atomic mass is 9.99. The molecule has 2 saturated heterocycles. The highest BCUT2D eigenvalue weighted by Crippen LogP contribution is 2.28. The van der Waals surface area contributed by atoms with Crippen molar-refractivity contribution in [3.63, 3.8) is 0 Å². The van der Waals surface area contributed by atoms with Crippen LogP contribution in [0.25, 0.3) is 0 Å². The van der Waals surface area contributed by atoms with E-state index in [1.54, 1.807) is 0 Å². The van der Waals surface area contributed by atoms with Crippen molar-refractivity contribution in [3.8, 4) is 0 Å². The molecule has 0 aromatic rings. The van der Waals surface area contributed by atoms with Crippen molar-refractivity contribution in [2.24, 2.45) is 11.8 Å². The van der Waals surface area contributed by atoms with Crippen LogP contribution in [0.5, 0.6) is 0 Å². The number of rotatable bonds is 6. The zero-order chi connectivity index (χ0) is 12.9. The second-order valence-electron chi connectivity index (χ2n) is 6.45. The summed E-state index contributed by atoms with van der Waals surface area (Å²) in [4.78, 5) is 2.58. The van der Waals surface area contributed by atoms with Crippen molar-refractivity contribution in [3.05, 3.63) is 0 Å². The van der Waals surface area contributed by atoms with Gasteiger partial charge in [-0.25, -0.2) is 0 Å². The van der Waals surface area contributed by atoms with Crippen LogP contribution in [0.3, 0.4) is 0 Å². The van der Waals surface area contributed by atoms with Gasteiger partial charge in [0.25, 0.3) is 0 Å². The van der Waals surface area contributed by atoms with Crippen LogP contribution in [-0.2, 0) is 9.47 Å². The summed E-state index contributed by atoms with van der Waals surface area (Å²) in [7, 11) is 0. The Bertz CT molecular complexity index is 265. The maximum atomic E-state index is 5.82. The van der Waals surface area contributed by atoms with Crippen LogP contribution in [0.4, 0.5) is 0 Å². The Morgan fingerprint density at radius 1 is 1.16 bits per heavy atom. The second kappa shape index (κ2) is 7.02. The van der Waals surface area contributed by atoms with E-state index in [-0.39, 0.29) is 0 Å². The van der Waals surface area contributed by atoms with Gasteiger partial charge in [0.2, 0.25) is 0 Å². The molecule has 1 saturated carbocycles. The molecule has 3 aliphatic rings. The van der Waals surface area contributed by atoms with Gasteiger partial charge in [-0.2, -0.15) is 0 Å². The molecule has 0 spiro atoms. The Labute approximate surface area is 116 Å². The first-order valence-corrected chi connectivity index (χ1v) is 8.02. The molecule has 1 N–H and O–H groups in total. The Hall–Kier alpha value is -0.160. The molecule has 0 amide bonds. The lowest BCUT2D eigenvalue weighted by molar-refractivity contribution is -0.0735. The highest BCUT2D eigenvalue weighted by molar-refractivity contribution is 4.78. The Morgan fingerprint density at radius 3 is 2.89 bits per heavy atom. The van der Waals surface area contributed by atoms with Crippen molar-refractivity contribution >= 4 is 0 Å². The van der Waals surface area contributed by atoms with Crippen molar-refractivity contribution in [1.29, 1.82) is 0 Å². The summed E-state index contributed by atoms with van der Waals surface area (Å²) < 4.78 is 11.6. The van der Waals surface area contributed by atoms with E-state index in [4.69, 9.17) is 9.47 Å². The zero-order valence-electron chi connectivity index (χ0n) is 12.0. The van der Waals surface area contributed by atoms with Crippen LogP contribution in [0.15, 0.2) is 0 Å². The highest BCUT2D eigenvalue weighted by Gasteiger charge is 2.25. The quantitative estimate of drug-likeness (QED) is 0.782. The normalized spacial score (nSPS) is 33.5. The van der Waals surface area contributed by atoms with E-state index in [2.05, 4.69) is 10.2 Å². The fourth-order valence-corrected chi connectivity index (χ4v) is 3.14. The average molecular weight is 268 g/mol. The van der Waals surface area contributed by atoms with Crippen LogP contribution < -0.4 is 5.32 Å². The molecule has 0 aromatic carbocycles. The van der Waals surface area contributed by atoms with Gasteiger partial charge in [-0.05, 0) is 50.6 Å². The fraction of sp³-hybridized carbons (Fsp3) is 1.00. The number of hydrogen-bond acceptors (Lipinski definition) is 4. The van der Waals surface area contributed by atoms with E-state index < -0.39 is 0 Å². The van der Waals surface area contributed by atoms with Crippen molar-refractivity contribution in [1.82, 2.24) is 10.2 Å². The van der Waals surface area contributed by atoms with E-state index in [0.29, 0.717) is 6.10 Å². The molecular weight excluding hydrogens is 240 g/mol. The van der Waals surface area contributed by atoms with Gasteiger partial charge in [-0.3, -0.25) is 4.90 Å². The van der Waals surface area contributed by atoms with E-state index in [9.17, 15) is 0 Å². The molecule has 1 aliphatic carbocycles. The summed E-state index contributed by atoms with van der Waals surface area (Å²) in [6, 6.07) is 0. The molecule has 4 nitrogen and oxygen atoms in total. The first kappa shape index (κ1) is 13.8. The standard InChI is InChI=1S/C15H28N2O2/c1-2-14(8-16-5-1)9-17-6-7-19-15(10-17)12-18-11-13-3-4-13/h13-16H,1-12H2. The fourth-order valence-electron chi connectivity index (χ4n) is 3.14. The maximum absolute atomic E-state index is 5.82. The predicted octanol–water partition coefficient (Wildman–Crippen LogP) is 1.11. The minimum absolute atomic E-state index is 0.295. The van der Waals surface area contributed by atoms with Crippen molar-refractivity contribution < 1.29 is 9.47 Å². The predicted molar refractivity (Wildman–Crippen MR) is 75.3 cm³/mol. The Morgan fingerprint density at radius 2 is 2.11 bits per heavy atom. The van der Waals surface area contributed by atoms with Gasteiger partial charge in [0.1, 0.15) is 0 Å². The lowest BCUT2D eigenvalue weighted by Crippen LogP contribution is -2.48. The third-order valence-electron chi connectivity index (χ3n) is 4.49. The van der Waals surface area contributed by atoms with Gasteiger partial charge in [-0.1, -0.05) is 0 Å². The monoisotopic (exact) mass is 268 g/mol. The minimum Gasteiger partial charge on any atom is -0.378 e. The van der Waals surface area contributed by atoms with Gasteiger partial charge < -0.3 is 14.8 Å². The summed E-state index contributed by atoms with van der Waals surface area (Å²) >= 11 is 0. The summed E-state index contributed by atoms with van der Waals surface area (Å²) in [5.41, 5.74) is 0. The van der Waals surface area contributed by atoms with Crippen LogP contribution in [0, 0.1) is 11.8 Å². The molecule has 2 aliphatic heterocycles. The maximum Gasteiger partial charge on any atom is 0.0935 e. The molecule has 3 rings (SSSR count). The van der Waals surface area contributed by atoms with Crippen LogP contribution >= 0.6 is 0 Å². The highest BCUT2D eigenvalue weighted by atomic mass is 16.5. The van der Waals surface area contributed by atoms with Gasteiger partial charge in [0, 0.05) is 26.2 Å². The summed E-state index contributed by atoms with van der Waals surface area (Å²) in [6.07, 6.45) is 5.75. The zero-order valence-corrected chi connectivity index (χ0v) is 12.0. The largest absolute Gasteiger partial charge is 0.378 e. The molecule has 110 valence electrons. The van der Waals surface area contributed by atoms with Gasteiger partial charge in [0.15, 0.2) is 0 Å². The Kier molecular flexibility index (Phi) is 5.10. The third-order valence-corrected chi connectivity index (χ3v) is 4.49. The van der Waals surface area contributed by atoms with E-state index in [1.165, 1.54) is 45.3 Å². The van der Waals surface area contributed by atoms with Crippen LogP contribution in [-0.4, -0.2) is 63.5 Å². The first-order valence-electron chi connectivity index (χ1n) is 8.02. The first-order chi connectivity index (χ1) is 9.40. The van der Waals surface area contributed by atoms with Gasteiger partial charge in [0.05, 0.1) is 19.3 Å².